The van der Waals surface area contributed by atoms with E-state index in [0.29, 0.717) is 12.1 Å². The predicted octanol–water partition coefficient (Wildman–Crippen LogP) is 2.01. The maximum absolute atomic E-state index is 12.0. The monoisotopic (exact) mass is 332 g/mol. The fourth-order valence-electron chi connectivity index (χ4n) is 2.77. The van der Waals surface area contributed by atoms with E-state index in [1.165, 1.54) is 0 Å². The molecule has 1 amide bonds. The molecular weight excluding hydrogens is 308 g/mol. The first kappa shape index (κ1) is 18.0. The zero-order valence-electron chi connectivity index (χ0n) is 14.2. The molecule has 1 heterocycles. The summed E-state index contributed by atoms with van der Waals surface area (Å²) in [5.74, 6) is -1.13. The van der Waals surface area contributed by atoms with Crippen LogP contribution in [0.4, 0.5) is 5.69 Å². The van der Waals surface area contributed by atoms with Gasteiger partial charge < -0.3 is 15.3 Å². The number of aliphatic carboxylic acids is 1. The van der Waals surface area contributed by atoms with Crippen molar-refractivity contribution in [3.8, 4) is 0 Å². The fraction of sp³-hybridized carbons (Fsp3) is 0.500. The van der Waals surface area contributed by atoms with Gasteiger partial charge in [0, 0.05) is 30.3 Å². The minimum atomic E-state index is -0.969. The molecule has 130 valence electrons. The summed E-state index contributed by atoms with van der Waals surface area (Å²) in [4.78, 5) is 36.6. The van der Waals surface area contributed by atoms with Gasteiger partial charge in [0.15, 0.2) is 5.78 Å². The summed E-state index contributed by atoms with van der Waals surface area (Å²) < 4.78 is 0. The summed E-state index contributed by atoms with van der Waals surface area (Å²) in [6.45, 7) is 5.06. The van der Waals surface area contributed by atoms with Crippen molar-refractivity contribution < 1.29 is 19.5 Å². The third-order valence-electron chi connectivity index (χ3n) is 4.31. The number of Topliss-reactive ketones (excluding diaryl/α,β-unsaturated/α-hetero) is 1. The summed E-state index contributed by atoms with van der Waals surface area (Å²) in [5.41, 5.74) is 2.55. The van der Waals surface area contributed by atoms with E-state index in [2.05, 4.69) is 5.32 Å². The Hall–Kier alpha value is -2.37. The molecule has 1 aromatic carbocycles. The number of hydrogen-bond donors (Lipinski definition) is 2. The SMILES string of the molecule is CCC(C)NC(=O)CN1CCc2cc(C(=O)CCC(=O)O)ccc21. The van der Waals surface area contributed by atoms with Crippen LogP contribution in [0.5, 0.6) is 0 Å². The maximum Gasteiger partial charge on any atom is 0.303 e. The van der Waals surface area contributed by atoms with Crippen molar-refractivity contribution in [1.29, 1.82) is 0 Å². The molecule has 0 saturated heterocycles. The molecule has 1 unspecified atom stereocenters. The predicted molar refractivity (Wildman–Crippen MR) is 91.5 cm³/mol. The number of nitrogens with one attached hydrogen (secondary N) is 1. The largest absolute Gasteiger partial charge is 0.481 e. The average Bonchev–Trinajstić information content (AvgIpc) is 2.94. The maximum atomic E-state index is 12.0. The zero-order valence-corrected chi connectivity index (χ0v) is 14.2. The van der Waals surface area contributed by atoms with E-state index in [1.807, 2.05) is 30.9 Å². The van der Waals surface area contributed by atoms with Gasteiger partial charge >= 0.3 is 5.97 Å². The van der Waals surface area contributed by atoms with Crippen LogP contribution in [0.25, 0.3) is 0 Å². The van der Waals surface area contributed by atoms with Gasteiger partial charge in [-0.15, -0.1) is 0 Å². The number of anilines is 1. The van der Waals surface area contributed by atoms with Gasteiger partial charge in [0.1, 0.15) is 0 Å². The van der Waals surface area contributed by atoms with E-state index in [9.17, 15) is 14.4 Å². The Kier molecular flexibility index (Phi) is 5.95. The molecule has 0 aliphatic carbocycles. The summed E-state index contributed by atoms with van der Waals surface area (Å²) in [7, 11) is 0. The Morgan fingerprint density at radius 3 is 2.71 bits per heavy atom. The molecule has 0 saturated carbocycles. The standard InChI is InChI=1S/C18H24N2O4/c1-3-12(2)19-17(22)11-20-9-8-13-10-14(4-5-15(13)20)16(21)6-7-18(23)24/h4-5,10,12H,3,6-9,11H2,1-2H3,(H,19,22)(H,23,24). The topological polar surface area (TPSA) is 86.7 Å². The van der Waals surface area contributed by atoms with E-state index >= 15 is 0 Å². The van der Waals surface area contributed by atoms with E-state index in [-0.39, 0.29) is 30.6 Å². The van der Waals surface area contributed by atoms with Crippen LogP contribution in [-0.2, 0) is 16.0 Å². The van der Waals surface area contributed by atoms with Gasteiger partial charge in [-0.1, -0.05) is 6.92 Å². The second kappa shape index (κ2) is 7.95. The zero-order chi connectivity index (χ0) is 17.7. The summed E-state index contributed by atoms with van der Waals surface area (Å²) in [6, 6.07) is 5.56. The second-order valence-corrected chi connectivity index (χ2v) is 6.21. The number of rotatable bonds is 8. The summed E-state index contributed by atoms with van der Waals surface area (Å²) >= 11 is 0. The molecule has 6 nitrogen and oxygen atoms in total. The lowest BCUT2D eigenvalue weighted by molar-refractivity contribution is -0.137. The number of benzene rings is 1. The molecule has 24 heavy (non-hydrogen) atoms. The number of amides is 1. The number of carboxylic acid groups (broad SMARTS) is 1. The molecule has 0 radical (unpaired) electrons. The highest BCUT2D eigenvalue weighted by Crippen LogP contribution is 2.29. The summed E-state index contributed by atoms with van der Waals surface area (Å²) in [6.07, 6.45) is 1.53. The third kappa shape index (κ3) is 4.57. The van der Waals surface area contributed by atoms with Crippen LogP contribution in [0.2, 0.25) is 0 Å². The van der Waals surface area contributed by atoms with E-state index in [4.69, 9.17) is 5.11 Å². The van der Waals surface area contributed by atoms with Gasteiger partial charge in [-0.3, -0.25) is 14.4 Å². The van der Waals surface area contributed by atoms with Crippen molar-refractivity contribution in [2.45, 2.75) is 45.6 Å². The molecule has 1 atom stereocenters. The van der Waals surface area contributed by atoms with E-state index in [0.717, 1.165) is 30.6 Å². The van der Waals surface area contributed by atoms with Gasteiger partial charge in [-0.2, -0.15) is 0 Å². The van der Waals surface area contributed by atoms with Gasteiger partial charge in [0.2, 0.25) is 5.91 Å². The van der Waals surface area contributed by atoms with Crippen LogP contribution >= 0.6 is 0 Å². The Morgan fingerprint density at radius 1 is 1.29 bits per heavy atom. The Labute approximate surface area is 141 Å². The van der Waals surface area contributed by atoms with Crippen molar-refractivity contribution in [3.63, 3.8) is 0 Å². The van der Waals surface area contributed by atoms with Crippen molar-refractivity contribution in [2.24, 2.45) is 0 Å². The van der Waals surface area contributed by atoms with Gasteiger partial charge in [0.05, 0.1) is 13.0 Å². The number of carbonyl (C=O) groups is 3. The molecule has 0 bridgehead atoms. The van der Waals surface area contributed by atoms with E-state index in [1.54, 1.807) is 6.07 Å². The number of carboxylic acids is 1. The lowest BCUT2D eigenvalue weighted by Gasteiger charge is -2.20. The van der Waals surface area contributed by atoms with E-state index < -0.39 is 5.97 Å². The Bertz CT molecular complexity index is 642. The average molecular weight is 332 g/mol. The molecule has 2 N–H and O–H groups in total. The van der Waals surface area contributed by atoms with Crippen LogP contribution in [-0.4, -0.2) is 41.9 Å². The van der Waals surface area contributed by atoms with Gasteiger partial charge in [-0.05, 0) is 43.5 Å². The molecule has 0 spiro atoms. The first-order chi connectivity index (χ1) is 11.4. The van der Waals surface area contributed by atoms with Crippen LogP contribution in [0.15, 0.2) is 18.2 Å². The molecule has 2 rings (SSSR count). The van der Waals surface area contributed by atoms with Gasteiger partial charge in [0.25, 0.3) is 0 Å². The third-order valence-corrected chi connectivity index (χ3v) is 4.31. The normalized spacial score (nSPS) is 14.2. The number of hydrogen-bond acceptors (Lipinski definition) is 4. The second-order valence-electron chi connectivity index (χ2n) is 6.21. The first-order valence-electron chi connectivity index (χ1n) is 8.33. The Balaban J connectivity index is 2.01. The van der Waals surface area contributed by atoms with Crippen molar-refractivity contribution in [2.75, 3.05) is 18.0 Å². The highest BCUT2D eigenvalue weighted by molar-refractivity contribution is 5.98. The Morgan fingerprint density at radius 2 is 2.04 bits per heavy atom. The number of ketones is 1. The van der Waals surface area contributed by atoms with Crippen LogP contribution in [0.1, 0.15) is 49.0 Å². The molecule has 0 fully saturated rings. The smallest absolute Gasteiger partial charge is 0.303 e. The molecule has 6 heteroatoms. The lowest BCUT2D eigenvalue weighted by Crippen LogP contribution is -2.40. The van der Waals surface area contributed by atoms with Crippen molar-refractivity contribution >= 4 is 23.3 Å². The molecular formula is C18H24N2O4. The number of carbonyl (C=O) groups excluding carboxylic acids is 2. The molecule has 1 aromatic rings. The van der Waals surface area contributed by atoms with Crippen LogP contribution < -0.4 is 10.2 Å². The van der Waals surface area contributed by atoms with Crippen molar-refractivity contribution in [3.05, 3.63) is 29.3 Å². The van der Waals surface area contributed by atoms with Gasteiger partial charge in [-0.25, -0.2) is 0 Å². The van der Waals surface area contributed by atoms with Crippen molar-refractivity contribution in [1.82, 2.24) is 5.32 Å². The minimum Gasteiger partial charge on any atom is -0.481 e. The highest BCUT2D eigenvalue weighted by atomic mass is 16.4. The fourth-order valence-corrected chi connectivity index (χ4v) is 2.77. The lowest BCUT2D eigenvalue weighted by atomic mass is 10.0. The highest BCUT2D eigenvalue weighted by Gasteiger charge is 2.22. The van der Waals surface area contributed by atoms with Crippen LogP contribution in [0, 0.1) is 0 Å². The molecule has 1 aliphatic rings. The number of fused-ring (bicyclic) bond motifs is 1. The molecule has 0 aromatic heterocycles. The first-order valence-corrected chi connectivity index (χ1v) is 8.33. The van der Waals surface area contributed by atoms with Crippen LogP contribution in [0.3, 0.4) is 0 Å². The number of nitrogens with zero attached hydrogens (tertiary/aromatic N) is 1. The minimum absolute atomic E-state index is 0.00110. The molecule has 1 aliphatic heterocycles. The quantitative estimate of drug-likeness (QED) is 0.711. The summed E-state index contributed by atoms with van der Waals surface area (Å²) in [5, 5.41) is 11.6.